The largest absolute Gasteiger partial charge is 1.00 e. The van der Waals surface area contributed by atoms with E-state index in [-0.39, 0.29) is 45.1 Å². The van der Waals surface area contributed by atoms with E-state index in [0.717, 1.165) is 0 Å². The summed E-state index contributed by atoms with van der Waals surface area (Å²) in [7, 11) is 0. The SMILES string of the molecule is CC(C)(C)[O-].[CH3-].[Li+].[Li+]. The predicted molar refractivity (Wildman–Crippen MR) is 26.2 cm³/mol. The maximum absolute atomic E-state index is 10.1. The van der Waals surface area contributed by atoms with Gasteiger partial charge in [-0.2, -0.15) is 0 Å². The van der Waals surface area contributed by atoms with E-state index in [0.29, 0.717) is 0 Å². The van der Waals surface area contributed by atoms with E-state index in [9.17, 15) is 5.11 Å². The van der Waals surface area contributed by atoms with Crippen LogP contribution in [0.1, 0.15) is 20.8 Å². The Morgan fingerprint density at radius 2 is 1.00 bits per heavy atom. The molecule has 0 aromatic rings. The fraction of sp³-hybridized carbons (Fsp3) is 0.800. The summed E-state index contributed by atoms with van der Waals surface area (Å²) in [5, 5.41) is 10.1. The maximum atomic E-state index is 10.1. The monoisotopic (exact) mass is 102 g/mol. The molecule has 0 spiro atoms. The van der Waals surface area contributed by atoms with Gasteiger partial charge < -0.3 is 12.5 Å². The minimum absolute atomic E-state index is 0. The Hall–Kier alpha value is 1.15. The molecule has 0 saturated heterocycles. The molecule has 1 nitrogen and oxygen atoms in total. The summed E-state index contributed by atoms with van der Waals surface area (Å²) in [6, 6.07) is 0. The fourth-order valence-electron chi connectivity index (χ4n) is 0. The van der Waals surface area contributed by atoms with Crippen molar-refractivity contribution in [2.75, 3.05) is 0 Å². The second-order valence-corrected chi connectivity index (χ2v) is 2.11. The summed E-state index contributed by atoms with van der Waals surface area (Å²) < 4.78 is 0. The van der Waals surface area contributed by atoms with E-state index >= 15 is 0 Å². The zero-order valence-electron chi connectivity index (χ0n) is 6.91. The quantitative estimate of drug-likeness (QED) is 0.221. The van der Waals surface area contributed by atoms with Gasteiger partial charge in [-0.25, -0.2) is 0 Å². The Bertz CT molecular complexity index is 25.9. The molecule has 40 valence electrons. The summed E-state index contributed by atoms with van der Waals surface area (Å²) >= 11 is 0. The predicted octanol–water partition coefficient (Wildman–Crippen LogP) is -5.40. The Kier molecular flexibility index (Phi) is 23.4. The van der Waals surface area contributed by atoms with Crippen LogP contribution >= 0.6 is 0 Å². The zero-order valence-corrected chi connectivity index (χ0v) is 6.91. The first-order valence-electron chi connectivity index (χ1n) is 1.70. The molecule has 0 rings (SSSR count). The molecule has 0 aliphatic rings. The molecule has 0 N–H and O–H groups in total. The first-order valence-corrected chi connectivity index (χ1v) is 1.70. The average molecular weight is 102 g/mol. The van der Waals surface area contributed by atoms with Crippen LogP contribution in [0.25, 0.3) is 0 Å². The molecule has 3 heteroatoms. The Morgan fingerprint density at radius 3 is 1.00 bits per heavy atom. The third-order valence-corrected chi connectivity index (χ3v) is 0. The van der Waals surface area contributed by atoms with Crippen LogP contribution in [0.2, 0.25) is 0 Å². The van der Waals surface area contributed by atoms with Crippen molar-refractivity contribution in [2.24, 2.45) is 0 Å². The molecule has 0 aromatic heterocycles. The van der Waals surface area contributed by atoms with Gasteiger partial charge in [0.05, 0.1) is 0 Å². The van der Waals surface area contributed by atoms with E-state index in [4.69, 9.17) is 0 Å². The summed E-state index contributed by atoms with van der Waals surface area (Å²) in [6.07, 6.45) is 0. The normalized spacial score (nSPS) is 7.50. The van der Waals surface area contributed by atoms with Crippen LogP contribution in [-0.2, 0) is 0 Å². The second kappa shape index (κ2) is 8.15. The summed E-state index contributed by atoms with van der Waals surface area (Å²) in [5.74, 6) is 0. The van der Waals surface area contributed by atoms with Gasteiger partial charge in [0.2, 0.25) is 0 Å². The van der Waals surface area contributed by atoms with Gasteiger partial charge in [0, 0.05) is 0 Å². The van der Waals surface area contributed by atoms with Crippen LogP contribution < -0.4 is 42.8 Å². The van der Waals surface area contributed by atoms with Crippen molar-refractivity contribution in [3.8, 4) is 0 Å². The molecular formula is C5H12Li2O. The van der Waals surface area contributed by atoms with Gasteiger partial charge in [-0.1, -0.05) is 20.8 Å². The molecule has 0 amide bonds. The van der Waals surface area contributed by atoms with Crippen LogP contribution in [0.3, 0.4) is 0 Å². The Balaban J connectivity index is -0.0000000267. The van der Waals surface area contributed by atoms with E-state index in [1.54, 1.807) is 20.8 Å². The molecule has 0 atom stereocenters. The van der Waals surface area contributed by atoms with Crippen molar-refractivity contribution < 1.29 is 42.8 Å². The van der Waals surface area contributed by atoms with E-state index in [1.807, 2.05) is 0 Å². The first kappa shape index (κ1) is 22.9. The van der Waals surface area contributed by atoms with Crippen LogP contribution in [0.4, 0.5) is 0 Å². The molecule has 0 aliphatic carbocycles. The fourth-order valence-corrected chi connectivity index (χ4v) is 0. The van der Waals surface area contributed by atoms with Gasteiger partial charge in [-0.3, -0.25) is 0 Å². The third-order valence-electron chi connectivity index (χ3n) is 0. The van der Waals surface area contributed by atoms with Gasteiger partial charge in [-0.15, -0.1) is 5.60 Å². The van der Waals surface area contributed by atoms with E-state index in [2.05, 4.69) is 0 Å². The smallest absolute Gasteiger partial charge is 0.850 e. The molecule has 0 aromatic carbocycles. The number of hydrogen-bond donors (Lipinski definition) is 0. The van der Waals surface area contributed by atoms with Crippen molar-refractivity contribution >= 4 is 0 Å². The van der Waals surface area contributed by atoms with Gasteiger partial charge in [0.1, 0.15) is 0 Å². The first-order chi connectivity index (χ1) is 2.00. The van der Waals surface area contributed by atoms with Gasteiger partial charge in [-0.05, 0) is 0 Å². The molecule has 0 aliphatic heterocycles. The Morgan fingerprint density at radius 1 is 1.00 bits per heavy atom. The Labute approximate surface area is 76.6 Å². The summed E-state index contributed by atoms with van der Waals surface area (Å²) in [6.45, 7) is 4.90. The molecule has 0 heterocycles. The molecule has 0 radical (unpaired) electrons. The third kappa shape index (κ3) is 203. The van der Waals surface area contributed by atoms with Crippen LogP contribution in [-0.4, -0.2) is 5.60 Å². The van der Waals surface area contributed by atoms with Crippen molar-refractivity contribution in [1.82, 2.24) is 0 Å². The van der Waals surface area contributed by atoms with Crippen LogP contribution in [0.5, 0.6) is 0 Å². The molecule has 0 unspecified atom stereocenters. The van der Waals surface area contributed by atoms with E-state index in [1.165, 1.54) is 0 Å². The molecule has 8 heavy (non-hydrogen) atoms. The minimum Gasteiger partial charge on any atom is -0.850 e. The summed E-state index contributed by atoms with van der Waals surface area (Å²) in [5.41, 5.74) is -0.750. The van der Waals surface area contributed by atoms with Gasteiger partial charge >= 0.3 is 37.7 Å². The van der Waals surface area contributed by atoms with Gasteiger partial charge in [0.25, 0.3) is 0 Å². The molecular weight excluding hydrogens is 89.9 g/mol. The molecule has 0 fully saturated rings. The van der Waals surface area contributed by atoms with Crippen LogP contribution in [0, 0.1) is 7.43 Å². The van der Waals surface area contributed by atoms with Crippen molar-refractivity contribution in [3.63, 3.8) is 0 Å². The van der Waals surface area contributed by atoms with E-state index < -0.39 is 5.60 Å². The van der Waals surface area contributed by atoms with Crippen molar-refractivity contribution in [3.05, 3.63) is 7.43 Å². The standard InChI is InChI=1S/C4H9O.CH3.2Li/c1-4(2,3)5;;;/h1-3H3;1H3;;/q2*-1;2*+1. The minimum atomic E-state index is -0.750. The second-order valence-electron chi connectivity index (χ2n) is 2.11. The number of hydrogen-bond acceptors (Lipinski definition) is 1. The molecule has 0 bridgehead atoms. The maximum Gasteiger partial charge on any atom is 1.00 e. The van der Waals surface area contributed by atoms with Crippen molar-refractivity contribution in [1.29, 1.82) is 0 Å². The summed E-state index contributed by atoms with van der Waals surface area (Å²) in [4.78, 5) is 0. The average Bonchev–Trinajstić information content (AvgIpc) is 0.722. The topological polar surface area (TPSA) is 23.1 Å². The van der Waals surface area contributed by atoms with Crippen molar-refractivity contribution in [2.45, 2.75) is 26.4 Å². The van der Waals surface area contributed by atoms with Gasteiger partial charge in [0.15, 0.2) is 0 Å². The number of rotatable bonds is 0. The molecule has 0 saturated carbocycles. The van der Waals surface area contributed by atoms with Crippen LogP contribution in [0.15, 0.2) is 0 Å². The zero-order chi connectivity index (χ0) is 4.50.